The molecule has 2 rings (SSSR count). The van der Waals surface area contributed by atoms with Crippen molar-refractivity contribution in [2.75, 3.05) is 7.05 Å². The molecule has 1 aliphatic rings. The first-order valence-electron chi connectivity index (χ1n) is 5.40. The number of hydrogen-bond acceptors (Lipinski definition) is 3. The highest BCUT2D eigenvalue weighted by molar-refractivity contribution is 5.87. The number of aliphatic carboxylic acids is 1. The Bertz CT molecular complexity index is 480. The Balaban J connectivity index is 2.44. The summed E-state index contributed by atoms with van der Waals surface area (Å²) in [4.78, 5) is 24.3. The number of amides is 1. The summed E-state index contributed by atoms with van der Waals surface area (Å²) < 4.78 is 1.69. The minimum atomic E-state index is -0.934. The molecule has 0 saturated carbocycles. The zero-order valence-electron chi connectivity index (χ0n) is 10.0. The van der Waals surface area contributed by atoms with Crippen molar-refractivity contribution in [1.29, 1.82) is 0 Å². The highest BCUT2D eigenvalue weighted by Gasteiger charge is 2.44. The van der Waals surface area contributed by atoms with Gasteiger partial charge in [0.05, 0.1) is 18.2 Å². The molecular weight excluding hydrogens is 222 g/mol. The van der Waals surface area contributed by atoms with Gasteiger partial charge in [-0.2, -0.15) is 5.10 Å². The van der Waals surface area contributed by atoms with E-state index in [1.54, 1.807) is 25.0 Å². The number of carbonyl (C=O) groups excluding carboxylic acids is 1. The predicted octanol–water partition coefficient (Wildman–Crippen LogP) is 0.333. The molecule has 0 bridgehead atoms. The largest absolute Gasteiger partial charge is 0.481 e. The molecule has 6 nitrogen and oxygen atoms in total. The van der Waals surface area contributed by atoms with Gasteiger partial charge in [-0.1, -0.05) is 0 Å². The summed E-state index contributed by atoms with van der Waals surface area (Å²) in [6.45, 7) is 1.87. The van der Waals surface area contributed by atoms with Gasteiger partial charge in [0, 0.05) is 31.8 Å². The van der Waals surface area contributed by atoms with Gasteiger partial charge in [-0.3, -0.25) is 14.3 Å². The van der Waals surface area contributed by atoms with E-state index >= 15 is 0 Å². The van der Waals surface area contributed by atoms with Crippen molar-refractivity contribution in [3.8, 4) is 0 Å². The first-order chi connectivity index (χ1) is 7.93. The van der Waals surface area contributed by atoms with E-state index in [2.05, 4.69) is 5.10 Å². The third kappa shape index (κ3) is 1.69. The Morgan fingerprint density at radius 2 is 2.18 bits per heavy atom. The molecule has 17 heavy (non-hydrogen) atoms. The van der Waals surface area contributed by atoms with Crippen LogP contribution in [0.4, 0.5) is 0 Å². The zero-order chi connectivity index (χ0) is 12.7. The molecule has 0 radical (unpaired) electrons. The molecule has 1 amide bonds. The van der Waals surface area contributed by atoms with E-state index in [9.17, 15) is 14.7 Å². The van der Waals surface area contributed by atoms with Gasteiger partial charge < -0.3 is 10.0 Å². The van der Waals surface area contributed by atoms with Gasteiger partial charge in [-0.15, -0.1) is 0 Å². The number of carboxylic acids is 1. The SMILES string of the molecule is Cc1c(C2C(C(=O)O)CC(=O)N2C)cnn1C. The molecule has 2 atom stereocenters. The average molecular weight is 237 g/mol. The van der Waals surface area contributed by atoms with Crippen LogP contribution < -0.4 is 0 Å². The molecule has 1 aromatic rings. The van der Waals surface area contributed by atoms with Crippen molar-refractivity contribution in [3.63, 3.8) is 0 Å². The second-order valence-corrected chi connectivity index (χ2v) is 4.41. The smallest absolute Gasteiger partial charge is 0.309 e. The minimum absolute atomic E-state index is 0.0604. The van der Waals surface area contributed by atoms with E-state index in [0.717, 1.165) is 11.3 Å². The van der Waals surface area contributed by atoms with Crippen molar-refractivity contribution in [2.24, 2.45) is 13.0 Å². The van der Waals surface area contributed by atoms with E-state index in [4.69, 9.17) is 0 Å². The molecular formula is C11H15N3O3. The number of carboxylic acid groups (broad SMARTS) is 1. The fraction of sp³-hybridized carbons (Fsp3) is 0.545. The maximum Gasteiger partial charge on any atom is 0.309 e. The predicted molar refractivity (Wildman–Crippen MR) is 59.2 cm³/mol. The molecule has 2 heterocycles. The maximum atomic E-state index is 11.6. The number of rotatable bonds is 2. The van der Waals surface area contributed by atoms with Crippen molar-refractivity contribution in [3.05, 3.63) is 17.5 Å². The van der Waals surface area contributed by atoms with Crippen LogP contribution >= 0.6 is 0 Å². The van der Waals surface area contributed by atoms with Gasteiger partial charge in [-0.05, 0) is 6.92 Å². The Kier molecular flexibility index (Phi) is 2.65. The van der Waals surface area contributed by atoms with Crippen molar-refractivity contribution in [2.45, 2.75) is 19.4 Å². The Hall–Kier alpha value is -1.85. The Morgan fingerprint density at radius 1 is 1.53 bits per heavy atom. The number of aryl methyl sites for hydroxylation is 1. The minimum Gasteiger partial charge on any atom is -0.481 e. The highest BCUT2D eigenvalue weighted by atomic mass is 16.4. The lowest BCUT2D eigenvalue weighted by Gasteiger charge is -2.22. The van der Waals surface area contributed by atoms with Crippen LogP contribution in [0.25, 0.3) is 0 Å². The van der Waals surface area contributed by atoms with Gasteiger partial charge in [0.2, 0.25) is 5.91 Å². The summed E-state index contributed by atoms with van der Waals surface area (Å²) in [5.74, 6) is -1.75. The molecule has 1 aliphatic heterocycles. The van der Waals surface area contributed by atoms with Crippen LogP contribution in [0.1, 0.15) is 23.7 Å². The number of hydrogen-bond donors (Lipinski definition) is 1. The second-order valence-electron chi connectivity index (χ2n) is 4.41. The van der Waals surface area contributed by atoms with Crippen molar-refractivity contribution in [1.82, 2.24) is 14.7 Å². The third-order valence-electron chi connectivity index (χ3n) is 3.50. The lowest BCUT2D eigenvalue weighted by molar-refractivity contribution is -0.142. The van der Waals surface area contributed by atoms with Crippen molar-refractivity contribution >= 4 is 11.9 Å². The molecule has 1 aromatic heterocycles. The third-order valence-corrected chi connectivity index (χ3v) is 3.50. The van der Waals surface area contributed by atoms with E-state index in [1.165, 1.54) is 4.90 Å². The average Bonchev–Trinajstić information content (AvgIpc) is 2.73. The van der Waals surface area contributed by atoms with E-state index < -0.39 is 17.9 Å². The quantitative estimate of drug-likeness (QED) is 0.804. The van der Waals surface area contributed by atoms with Crippen LogP contribution in [-0.2, 0) is 16.6 Å². The van der Waals surface area contributed by atoms with Crippen LogP contribution in [0, 0.1) is 12.8 Å². The summed E-state index contributed by atoms with van der Waals surface area (Å²) in [7, 11) is 3.44. The molecule has 0 aliphatic carbocycles. The van der Waals surface area contributed by atoms with Crippen LogP contribution in [-0.4, -0.2) is 38.7 Å². The van der Waals surface area contributed by atoms with E-state index in [-0.39, 0.29) is 12.3 Å². The number of aromatic nitrogens is 2. The maximum absolute atomic E-state index is 11.6. The van der Waals surface area contributed by atoms with Crippen LogP contribution in [0.3, 0.4) is 0 Å². The summed E-state index contributed by atoms with van der Waals surface area (Å²) in [5.41, 5.74) is 1.70. The first kappa shape index (κ1) is 11.6. The zero-order valence-corrected chi connectivity index (χ0v) is 10.0. The monoisotopic (exact) mass is 237 g/mol. The van der Waals surface area contributed by atoms with Crippen LogP contribution in [0.5, 0.6) is 0 Å². The van der Waals surface area contributed by atoms with Gasteiger partial charge in [0.25, 0.3) is 0 Å². The summed E-state index contributed by atoms with van der Waals surface area (Å²) in [5, 5.41) is 13.3. The summed E-state index contributed by atoms with van der Waals surface area (Å²) in [6, 6.07) is -0.409. The lowest BCUT2D eigenvalue weighted by Crippen LogP contribution is -2.27. The second kappa shape index (κ2) is 3.87. The topological polar surface area (TPSA) is 75.4 Å². The van der Waals surface area contributed by atoms with Gasteiger partial charge in [0.1, 0.15) is 0 Å². The Labute approximate surface area is 98.8 Å². The number of carbonyl (C=O) groups is 2. The fourth-order valence-electron chi connectivity index (χ4n) is 2.32. The van der Waals surface area contributed by atoms with Gasteiger partial charge in [0.15, 0.2) is 0 Å². The Morgan fingerprint density at radius 3 is 2.65 bits per heavy atom. The molecule has 2 unspecified atom stereocenters. The standard InChI is InChI=1S/C11H15N3O3/c1-6-8(5-12-14(6)3)10-7(11(16)17)4-9(15)13(10)2/h5,7,10H,4H2,1-3H3,(H,16,17). The lowest BCUT2D eigenvalue weighted by atomic mass is 9.94. The molecule has 0 spiro atoms. The molecule has 6 heteroatoms. The molecule has 0 aromatic carbocycles. The normalized spacial score (nSPS) is 24.4. The van der Waals surface area contributed by atoms with Gasteiger partial charge in [-0.25, -0.2) is 0 Å². The van der Waals surface area contributed by atoms with Crippen LogP contribution in [0.15, 0.2) is 6.20 Å². The molecule has 1 saturated heterocycles. The van der Waals surface area contributed by atoms with E-state index in [1.807, 2.05) is 6.92 Å². The number of nitrogens with zero attached hydrogens (tertiary/aromatic N) is 3. The van der Waals surface area contributed by atoms with E-state index in [0.29, 0.717) is 0 Å². The van der Waals surface area contributed by atoms with Crippen LogP contribution in [0.2, 0.25) is 0 Å². The van der Waals surface area contributed by atoms with Gasteiger partial charge >= 0.3 is 5.97 Å². The molecule has 1 fully saturated rings. The highest BCUT2D eigenvalue weighted by Crippen LogP contribution is 2.38. The number of likely N-dealkylation sites (tertiary alicyclic amines) is 1. The summed E-state index contributed by atoms with van der Waals surface area (Å²) >= 11 is 0. The molecule has 1 N–H and O–H groups in total. The first-order valence-corrected chi connectivity index (χ1v) is 5.40. The fourth-order valence-corrected chi connectivity index (χ4v) is 2.32. The summed E-state index contributed by atoms with van der Waals surface area (Å²) in [6.07, 6.45) is 1.70. The van der Waals surface area contributed by atoms with Crippen molar-refractivity contribution < 1.29 is 14.7 Å². The molecule has 92 valence electrons.